The summed E-state index contributed by atoms with van der Waals surface area (Å²) in [6.07, 6.45) is -1.06. The Kier molecular flexibility index (Phi) is 6.06. The van der Waals surface area contributed by atoms with Crippen LogP contribution in [0.1, 0.15) is 29.8 Å². The molecule has 6 nitrogen and oxygen atoms in total. The molecule has 35 heavy (non-hydrogen) atoms. The van der Waals surface area contributed by atoms with E-state index >= 15 is 0 Å². The van der Waals surface area contributed by atoms with E-state index in [1.807, 2.05) is 18.2 Å². The number of aromatic nitrogens is 4. The maximum atomic E-state index is 15.0. The molecule has 0 amide bonds. The molecule has 1 atom stereocenters. The minimum absolute atomic E-state index is 0.179. The van der Waals surface area contributed by atoms with Gasteiger partial charge in [-0.15, -0.1) is 0 Å². The van der Waals surface area contributed by atoms with Crippen molar-refractivity contribution < 1.29 is 22.3 Å². The van der Waals surface area contributed by atoms with Gasteiger partial charge in [-0.05, 0) is 35.9 Å². The SMILES string of the molecule is CC(c1ccc(F)c(-c2ncnc3cc(N4CCOCC4)ccc23)c1)c1nccnc1C(F)(F)F. The molecule has 5 rings (SSSR count). The highest BCUT2D eigenvalue weighted by Crippen LogP contribution is 2.37. The third kappa shape index (κ3) is 4.53. The van der Waals surface area contributed by atoms with Crippen molar-refractivity contribution in [3.8, 4) is 11.3 Å². The number of morpholine rings is 1. The van der Waals surface area contributed by atoms with Crippen LogP contribution in [0.15, 0.2) is 55.1 Å². The Labute approximate surface area is 198 Å². The molecular formula is C25H21F4N5O. The number of halogens is 4. The van der Waals surface area contributed by atoms with Crippen LogP contribution in [0.2, 0.25) is 0 Å². The predicted molar refractivity (Wildman–Crippen MR) is 123 cm³/mol. The number of anilines is 1. The summed E-state index contributed by atoms with van der Waals surface area (Å²) in [5.41, 5.74) is 1.36. The molecule has 180 valence electrons. The molecule has 2 aromatic carbocycles. The summed E-state index contributed by atoms with van der Waals surface area (Å²) < 4.78 is 60.9. The topological polar surface area (TPSA) is 64.0 Å². The van der Waals surface area contributed by atoms with Crippen LogP contribution in [0.3, 0.4) is 0 Å². The molecule has 0 saturated carbocycles. The summed E-state index contributed by atoms with van der Waals surface area (Å²) >= 11 is 0. The van der Waals surface area contributed by atoms with Gasteiger partial charge in [-0.25, -0.2) is 19.3 Å². The van der Waals surface area contributed by atoms with E-state index < -0.39 is 23.6 Å². The standard InChI is InChI=1S/C25H21F4N5O/c1-15(22-24(25(27,28)29)31-7-6-30-22)16-2-5-20(26)19(12-16)23-18-4-3-17(13-21(18)32-14-33-23)34-8-10-35-11-9-34/h2-7,12-15H,8-11H2,1H3. The zero-order valence-electron chi connectivity index (χ0n) is 18.8. The Bertz CT molecular complexity index is 1370. The second-order valence-corrected chi connectivity index (χ2v) is 8.27. The smallest absolute Gasteiger partial charge is 0.378 e. The molecular weight excluding hydrogens is 462 g/mol. The number of benzene rings is 2. The van der Waals surface area contributed by atoms with Crippen molar-refractivity contribution in [2.24, 2.45) is 0 Å². The molecule has 1 aliphatic rings. The number of alkyl halides is 3. The second kappa shape index (κ2) is 9.18. The number of hydrogen-bond acceptors (Lipinski definition) is 6. The average molecular weight is 483 g/mol. The van der Waals surface area contributed by atoms with Crippen LogP contribution >= 0.6 is 0 Å². The number of nitrogens with zero attached hydrogens (tertiary/aromatic N) is 5. The first-order valence-corrected chi connectivity index (χ1v) is 11.1. The molecule has 1 saturated heterocycles. The number of hydrogen-bond donors (Lipinski definition) is 0. The molecule has 4 aromatic rings. The van der Waals surface area contributed by atoms with Gasteiger partial charge in [0.1, 0.15) is 12.1 Å². The Morgan fingerprint density at radius 3 is 2.49 bits per heavy atom. The van der Waals surface area contributed by atoms with Gasteiger partial charge in [-0.3, -0.25) is 4.98 Å². The monoisotopic (exact) mass is 483 g/mol. The van der Waals surface area contributed by atoms with Crippen LogP contribution in [0, 0.1) is 5.82 Å². The molecule has 1 unspecified atom stereocenters. The maximum Gasteiger partial charge on any atom is 0.435 e. The zero-order chi connectivity index (χ0) is 24.6. The van der Waals surface area contributed by atoms with Gasteiger partial charge in [0.25, 0.3) is 0 Å². The Morgan fingerprint density at radius 1 is 0.943 bits per heavy atom. The quantitative estimate of drug-likeness (QED) is 0.370. The Hall–Kier alpha value is -3.66. The van der Waals surface area contributed by atoms with Crippen molar-refractivity contribution in [3.05, 3.63) is 77.9 Å². The van der Waals surface area contributed by atoms with E-state index in [2.05, 4.69) is 24.8 Å². The van der Waals surface area contributed by atoms with Crippen molar-refractivity contribution in [1.82, 2.24) is 19.9 Å². The summed E-state index contributed by atoms with van der Waals surface area (Å²) in [4.78, 5) is 18.3. The molecule has 2 aromatic heterocycles. The van der Waals surface area contributed by atoms with E-state index in [1.165, 1.54) is 30.7 Å². The molecule has 1 fully saturated rings. The van der Waals surface area contributed by atoms with Crippen LogP contribution in [0.4, 0.5) is 23.2 Å². The maximum absolute atomic E-state index is 15.0. The van der Waals surface area contributed by atoms with E-state index in [-0.39, 0.29) is 11.3 Å². The Balaban J connectivity index is 1.56. The normalized spacial score (nSPS) is 15.4. The molecule has 10 heteroatoms. The van der Waals surface area contributed by atoms with Crippen LogP contribution in [0.25, 0.3) is 22.2 Å². The Morgan fingerprint density at radius 2 is 1.71 bits per heavy atom. The highest BCUT2D eigenvalue weighted by Gasteiger charge is 2.37. The summed E-state index contributed by atoms with van der Waals surface area (Å²) in [5.74, 6) is -1.31. The van der Waals surface area contributed by atoms with Gasteiger partial charge < -0.3 is 9.64 Å². The number of fused-ring (bicyclic) bond motifs is 1. The van der Waals surface area contributed by atoms with Gasteiger partial charge >= 0.3 is 6.18 Å². The first kappa shape index (κ1) is 23.1. The van der Waals surface area contributed by atoms with E-state index in [1.54, 1.807) is 6.92 Å². The van der Waals surface area contributed by atoms with Gasteiger partial charge in [0.05, 0.1) is 30.1 Å². The van der Waals surface area contributed by atoms with Crippen molar-refractivity contribution in [1.29, 1.82) is 0 Å². The predicted octanol–water partition coefficient (Wildman–Crippen LogP) is 5.23. The van der Waals surface area contributed by atoms with Crippen molar-refractivity contribution >= 4 is 16.6 Å². The van der Waals surface area contributed by atoms with E-state index in [9.17, 15) is 17.6 Å². The molecule has 3 heterocycles. The molecule has 0 aliphatic carbocycles. The van der Waals surface area contributed by atoms with Crippen LogP contribution < -0.4 is 4.90 Å². The summed E-state index contributed by atoms with van der Waals surface area (Å²) in [5, 5.41) is 0.642. The first-order chi connectivity index (χ1) is 16.8. The zero-order valence-corrected chi connectivity index (χ0v) is 18.8. The first-order valence-electron chi connectivity index (χ1n) is 11.1. The third-order valence-electron chi connectivity index (χ3n) is 6.15. The van der Waals surface area contributed by atoms with E-state index in [4.69, 9.17) is 4.74 Å². The lowest BCUT2D eigenvalue weighted by atomic mass is 9.93. The molecule has 1 aliphatic heterocycles. The van der Waals surface area contributed by atoms with Crippen LogP contribution in [-0.2, 0) is 10.9 Å². The molecule has 0 bridgehead atoms. The van der Waals surface area contributed by atoms with Crippen LogP contribution in [0.5, 0.6) is 0 Å². The fourth-order valence-corrected chi connectivity index (χ4v) is 4.31. The highest BCUT2D eigenvalue weighted by molar-refractivity contribution is 5.94. The van der Waals surface area contributed by atoms with E-state index in [0.29, 0.717) is 35.4 Å². The molecule has 0 N–H and O–H groups in total. The summed E-state index contributed by atoms with van der Waals surface area (Å²) in [6, 6.07) is 9.91. The fourth-order valence-electron chi connectivity index (χ4n) is 4.31. The van der Waals surface area contributed by atoms with Gasteiger partial charge in [0, 0.05) is 48.0 Å². The van der Waals surface area contributed by atoms with Crippen LogP contribution in [-0.4, -0.2) is 46.2 Å². The van der Waals surface area contributed by atoms with Gasteiger partial charge in [0.15, 0.2) is 5.69 Å². The minimum Gasteiger partial charge on any atom is -0.378 e. The molecule has 0 spiro atoms. The van der Waals surface area contributed by atoms with Crippen molar-refractivity contribution in [2.45, 2.75) is 19.0 Å². The lowest BCUT2D eigenvalue weighted by molar-refractivity contribution is -0.142. The largest absolute Gasteiger partial charge is 0.435 e. The van der Waals surface area contributed by atoms with Gasteiger partial charge in [-0.1, -0.05) is 13.0 Å². The van der Waals surface area contributed by atoms with Crippen molar-refractivity contribution in [3.63, 3.8) is 0 Å². The van der Waals surface area contributed by atoms with Crippen molar-refractivity contribution in [2.75, 3.05) is 31.2 Å². The number of ether oxygens (including phenoxy) is 1. The summed E-state index contributed by atoms with van der Waals surface area (Å²) in [6.45, 7) is 4.40. The lowest BCUT2D eigenvalue weighted by Crippen LogP contribution is -2.36. The number of rotatable bonds is 4. The van der Waals surface area contributed by atoms with Gasteiger partial charge in [0.2, 0.25) is 0 Å². The summed E-state index contributed by atoms with van der Waals surface area (Å²) in [7, 11) is 0. The minimum atomic E-state index is -4.65. The lowest BCUT2D eigenvalue weighted by Gasteiger charge is -2.29. The van der Waals surface area contributed by atoms with Gasteiger partial charge in [-0.2, -0.15) is 13.2 Å². The third-order valence-corrected chi connectivity index (χ3v) is 6.15. The fraction of sp³-hybridized carbons (Fsp3) is 0.280. The molecule has 0 radical (unpaired) electrons. The average Bonchev–Trinajstić information content (AvgIpc) is 2.88. The second-order valence-electron chi connectivity index (χ2n) is 8.27. The van der Waals surface area contributed by atoms with E-state index in [0.717, 1.165) is 25.0 Å². The highest BCUT2D eigenvalue weighted by atomic mass is 19.4.